The van der Waals surface area contributed by atoms with Crippen LogP contribution in [0, 0.1) is 5.82 Å². The number of esters is 1. The number of benzene rings is 3. The first-order chi connectivity index (χ1) is 16.2. The van der Waals surface area contributed by atoms with Gasteiger partial charge in [-0.15, -0.1) is 0 Å². The lowest BCUT2D eigenvalue weighted by Crippen LogP contribution is -2.30. The van der Waals surface area contributed by atoms with E-state index in [2.05, 4.69) is 5.32 Å². The smallest absolute Gasteiger partial charge is 0.338 e. The van der Waals surface area contributed by atoms with Crippen LogP contribution in [0.2, 0.25) is 5.02 Å². The van der Waals surface area contributed by atoms with Crippen LogP contribution in [0.25, 0.3) is 0 Å². The van der Waals surface area contributed by atoms with E-state index < -0.39 is 35.6 Å². The zero-order valence-electron chi connectivity index (χ0n) is 17.9. The zero-order valence-corrected chi connectivity index (χ0v) is 18.6. The normalized spacial score (nSPS) is 13.4. The van der Waals surface area contributed by atoms with Gasteiger partial charge in [-0.05, 0) is 55.0 Å². The van der Waals surface area contributed by atoms with Crippen molar-refractivity contribution >= 4 is 41.0 Å². The fraction of sp³-hybridized carbons (Fsp3) is 0.120. The number of carbonyl (C=O) groups excluding carboxylic acids is 4. The molecular formula is C25H18ClFN2O5. The number of amides is 3. The number of anilines is 1. The summed E-state index contributed by atoms with van der Waals surface area (Å²) in [5, 5.41) is 2.48. The maximum atomic E-state index is 13.2. The number of rotatable bonds is 6. The molecule has 1 aliphatic rings. The zero-order chi connectivity index (χ0) is 24.4. The molecule has 34 heavy (non-hydrogen) atoms. The first-order valence-corrected chi connectivity index (χ1v) is 10.6. The van der Waals surface area contributed by atoms with Gasteiger partial charge in [-0.1, -0.05) is 35.9 Å². The SMILES string of the molecule is CC(OC(=O)c1cccc(CN2C(=O)c3ccccc3C2=O)c1)C(=O)Nc1ccc(F)cc1Cl. The fourth-order valence-corrected chi connectivity index (χ4v) is 3.68. The van der Waals surface area contributed by atoms with Crippen LogP contribution < -0.4 is 5.32 Å². The van der Waals surface area contributed by atoms with Crippen molar-refractivity contribution in [1.82, 2.24) is 4.90 Å². The summed E-state index contributed by atoms with van der Waals surface area (Å²) in [4.78, 5) is 51.2. The molecule has 9 heteroatoms. The number of imide groups is 1. The van der Waals surface area contributed by atoms with Crippen LogP contribution in [0.3, 0.4) is 0 Å². The van der Waals surface area contributed by atoms with Gasteiger partial charge in [-0.2, -0.15) is 0 Å². The number of ether oxygens (including phenoxy) is 1. The van der Waals surface area contributed by atoms with E-state index in [1.165, 1.54) is 25.1 Å². The molecule has 7 nitrogen and oxygen atoms in total. The fourth-order valence-electron chi connectivity index (χ4n) is 3.47. The lowest BCUT2D eigenvalue weighted by Gasteiger charge is -2.16. The van der Waals surface area contributed by atoms with Gasteiger partial charge in [-0.3, -0.25) is 19.3 Å². The van der Waals surface area contributed by atoms with E-state index in [4.69, 9.17) is 16.3 Å². The molecule has 0 radical (unpaired) electrons. The first kappa shape index (κ1) is 23.1. The third kappa shape index (κ3) is 4.67. The molecule has 1 atom stereocenters. The molecular weight excluding hydrogens is 463 g/mol. The van der Waals surface area contributed by atoms with Gasteiger partial charge in [0.15, 0.2) is 6.10 Å². The van der Waals surface area contributed by atoms with E-state index >= 15 is 0 Å². The van der Waals surface area contributed by atoms with Crippen LogP contribution in [-0.4, -0.2) is 34.7 Å². The second kappa shape index (κ2) is 9.44. The molecule has 0 bridgehead atoms. The van der Waals surface area contributed by atoms with Crippen molar-refractivity contribution in [3.8, 4) is 0 Å². The minimum atomic E-state index is -1.17. The molecule has 4 rings (SSSR count). The van der Waals surface area contributed by atoms with E-state index in [-0.39, 0.29) is 22.8 Å². The van der Waals surface area contributed by atoms with Gasteiger partial charge >= 0.3 is 5.97 Å². The Labute approximate surface area is 199 Å². The quantitative estimate of drug-likeness (QED) is 0.415. The Balaban J connectivity index is 1.41. The van der Waals surface area contributed by atoms with Crippen LogP contribution in [0.15, 0.2) is 66.7 Å². The standard InChI is InChI=1S/C25H18ClFN2O5/c1-14(22(30)28-21-10-9-17(27)12-20(21)26)34-25(33)16-6-4-5-15(11-16)13-29-23(31)18-7-2-3-8-19(18)24(29)32/h2-12,14H,13H2,1H3,(H,28,30). The van der Waals surface area contributed by atoms with Crippen LogP contribution >= 0.6 is 11.6 Å². The van der Waals surface area contributed by atoms with Crippen LogP contribution in [0.4, 0.5) is 10.1 Å². The van der Waals surface area contributed by atoms with Gasteiger partial charge in [0.1, 0.15) is 5.82 Å². The highest BCUT2D eigenvalue weighted by Gasteiger charge is 2.35. The van der Waals surface area contributed by atoms with Crippen molar-refractivity contribution < 1.29 is 28.3 Å². The number of halogens is 2. The molecule has 1 aliphatic heterocycles. The Morgan fingerprint density at radius 2 is 1.68 bits per heavy atom. The number of carbonyl (C=O) groups is 4. The topological polar surface area (TPSA) is 92.8 Å². The summed E-state index contributed by atoms with van der Waals surface area (Å²) in [5.74, 6) is -2.78. The van der Waals surface area contributed by atoms with Crippen molar-refractivity contribution in [1.29, 1.82) is 0 Å². The van der Waals surface area contributed by atoms with Crippen molar-refractivity contribution in [2.75, 3.05) is 5.32 Å². The summed E-state index contributed by atoms with van der Waals surface area (Å²) in [7, 11) is 0. The first-order valence-electron chi connectivity index (χ1n) is 10.3. The maximum Gasteiger partial charge on any atom is 0.338 e. The van der Waals surface area contributed by atoms with Gasteiger partial charge in [-0.25, -0.2) is 9.18 Å². The minimum Gasteiger partial charge on any atom is -0.449 e. The highest BCUT2D eigenvalue weighted by atomic mass is 35.5. The Bertz CT molecular complexity index is 1290. The average molecular weight is 481 g/mol. The molecule has 0 aromatic heterocycles. The molecule has 3 aromatic carbocycles. The van der Waals surface area contributed by atoms with Crippen LogP contribution in [0.5, 0.6) is 0 Å². The molecule has 0 spiro atoms. The highest BCUT2D eigenvalue weighted by molar-refractivity contribution is 6.33. The molecule has 3 amide bonds. The molecule has 1 N–H and O–H groups in total. The van der Waals surface area contributed by atoms with Gasteiger partial charge in [0.25, 0.3) is 17.7 Å². The Morgan fingerprint density at radius 3 is 2.32 bits per heavy atom. The summed E-state index contributed by atoms with van der Waals surface area (Å²) in [6.07, 6.45) is -1.17. The molecule has 0 saturated carbocycles. The summed E-state index contributed by atoms with van der Waals surface area (Å²) in [5.41, 5.74) is 1.54. The molecule has 0 fully saturated rings. The summed E-state index contributed by atoms with van der Waals surface area (Å²) in [6, 6.07) is 16.3. The van der Waals surface area contributed by atoms with Gasteiger partial charge in [0.2, 0.25) is 0 Å². The van der Waals surface area contributed by atoms with E-state index in [9.17, 15) is 23.6 Å². The molecule has 3 aromatic rings. The second-order valence-corrected chi connectivity index (χ2v) is 8.01. The maximum absolute atomic E-state index is 13.2. The Morgan fingerprint density at radius 1 is 1.00 bits per heavy atom. The molecule has 172 valence electrons. The number of nitrogens with zero attached hydrogens (tertiary/aromatic N) is 1. The van der Waals surface area contributed by atoms with Crippen molar-refractivity contribution in [2.45, 2.75) is 19.6 Å². The molecule has 1 heterocycles. The van der Waals surface area contributed by atoms with Crippen LogP contribution in [0.1, 0.15) is 43.6 Å². The van der Waals surface area contributed by atoms with Crippen molar-refractivity contribution in [3.05, 3.63) is 99.8 Å². The highest BCUT2D eigenvalue weighted by Crippen LogP contribution is 2.25. The molecule has 0 saturated heterocycles. The average Bonchev–Trinajstić information content (AvgIpc) is 3.06. The number of hydrogen-bond donors (Lipinski definition) is 1. The molecule has 0 aliphatic carbocycles. The third-order valence-corrected chi connectivity index (χ3v) is 5.54. The summed E-state index contributed by atoms with van der Waals surface area (Å²) < 4.78 is 18.4. The molecule has 1 unspecified atom stereocenters. The predicted octanol–water partition coefficient (Wildman–Crippen LogP) is 4.46. The lowest BCUT2D eigenvalue weighted by molar-refractivity contribution is -0.123. The predicted molar refractivity (Wildman–Crippen MR) is 122 cm³/mol. The van der Waals surface area contributed by atoms with Crippen molar-refractivity contribution in [2.24, 2.45) is 0 Å². The minimum absolute atomic E-state index is 0.00716. The van der Waals surface area contributed by atoms with E-state index in [0.29, 0.717) is 16.7 Å². The Hall–Kier alpha value is -4.04. The lowest BCUT2D eigenvalue weighted by atomic mass is 10.1. The second-order valence-electron chi connectivity index (χ2n) is 7.60. The van der Waals surface area contributed by atoms with E-state index in [1.807, 2.05) is 0 Å². The van der Waals surface area contributed by atoms with Gasteiger partial charge in [0.05, 0.1) is 33.9 Å². The van der Waals surface area contributed by atoms with Crippen LogP contribution in [-0.2, 0) is 16.1 Å². The Kier molecular flexibility index (Phi) is 6.43. The van der Waals surface area contributed by atoms with Crippen molar-refractivity contribution in [3.63, 3.8) is 0 Å². The van der Waals surface area contributed by atoms with E-state index in [0.717, 1.165) is 17.0 Å². The van der Waals surface area contributed by atoms with Gasteiger partial charge in [0, 0.05) is 0 Å². The van der Waals surface area contributed by atoms with E-state index in [1.54, 1.807) is 36.4 Å². The summed E-state index contributed by atoms with van der Waals surface area (Å²) in [6.45, 7) is 1.36. The number of hydrogen-bond acceptors (Lipinski definition) is 5. The number of fused-ring (bicyclic) bond motifs is 1. The monoisotopic (exact) mass is 480 g/mol. The third-order valence-electron chi connectivity index (χ3n) is 5.22. The van der Waals surface area contributed by atoms with Gasteiger partial charge < -0.3 is 10.1 Å². The summed E-state index contributed by atoms with van der Waals surface area (Å²) >= 11 is 5.90. The largest absolute Gasteiger partial charge is 0.449 e. The number of nitrogens with one attached hydrogen (secondary N) is 1.